The topological polar surface area (TPSA) is 28.7 Å². The van der Waals surface area contributed by atoms with Crippen molar-refractivity contribution in [3.63, 3.8) is 0 Å². The molecule has 1 aliphatic rings. The monoisotopic (exact) mass is 468 g/mol. The van der Waals surface area contributed by atoms with Gasteiger partial charge in [0.05, 0.1) is 11.4 Å². The molecule has 0 saturated heterocycles. The number of rotatable bonds is 6. The Morgan fingerprint density at radius 2 is 1.11 bits per heavy atom. The first-order valence-electron chi connectivity index (χ1n) is 11.9. The molecule has 0 amide bonds. The molecule has 168 valence electrons. The minimum Gasteiger partial charge on any atom is -0.338 e. The molecule has 1 atom stereocenters. The second kappa shape index (κ2) is 9.70. The molecular formula is C32H25N2P. The van der Waals surface area contributed by atoms with E-state index in [9.17, 15) is 0 Å². The summed E-state index contributed by atoms with van der Waals surface area (Å²) in [6, 6.07) is 42.7. The molecule has 0 aliphatic heterocycles. The molecule has 1 N–H and O–H groups in total. The van der Waals surface area contributed by atoms with Crippen molar-refractivity contribution in [3.05, 3.63) is 145 Å². The maximum atomic E-state index is 5.21. The average molecular weight is 469 g/mol. The van der Waals surface area contributed by atoms with Gasteiger partial charge >= 0.3 is 0 Å². The number of H-pyrrole nitrogens is 1. The van der Waals surface area contributed by atoms with Crippen molar-refractivity contribution < 1.29 is 0 Å². The molecule has 3 heteroatoms. The largest absolute Gasteiger partial charge is 0.338 e. The molecule has 2 nitrogen and oxygen atoms in total. The van der Waals surface area contributed by atoms with Gasteiger partial charge in [-0.25, -0.2) is 4.98 Å². The summed E-state index contributed by atoms with van der Waals surface area (Å²) in [7, 11) is -0.639. The van der Waals surface area contributed by atoms with Gasteiger partial charge in [-0.15, -0.1) is 0 Å². The SMILES string of the molecule is C1=C[C@@H](P(c2ccccc2)c2ccccc2)C(c2nc(-c3ccccc3)c(-c3ccccc3)[nH]2)=C1. The molecule has 0 saturated carbocycles. The van der Waals surface area contributed by atoms with E-state index in [-0.39, 0.29) is 5.66 Å². The minimum absolute atomic E-state index is 0.244. The summed E-state index contributed by atoms with van der Waals surface area (Å²) in [5, 5.41) is 2.74. The van der Waals surface area contributed by atoms with E-state index in [2.05, 4.69) is 138 Å². The molecule has 1 aliphatic carbocycles. The highest BCUT2D eigenvalue weighted by Gasteiger charge is 2.30. The Kier molecular flexibility index (Phi) is 5.97. The number of aromatic nitrogens is 2. The van der Waals surface area contributed by atoms with Crippen LogP contribution < -0.4 is 10.6 Å². The molecule has 0 unspecified atom stereocenters. The first-order chi connectivity index (χ1) is 17.4. The Labute approximate surface area is 207 Å². The fourth-order valence-electron chi connectivity index (χ4n) is 4.69. The van der Waals surface area contributed by atoms with E-state index in [0.29, 0.717) is 0 Å². The predicted molar refractivity (Wildman–Crippen MR) is 149 cm³/mol. The van der Waals surface area contributed by atoms with Crippen molar-refractivity contribution in [2.75, 3.05) is 0 Å². The maximum absolute atomic E-state index is 5.21. The van der Waals surface area contributed by atoms with E-state index in [1.165, 1.54) is 16.2 Å². The van der Waals surface area contributed by atoms with Crippen LogP contribution in [0, 0.1) is 0 Å². The molecule has 0 bridgehead atoms. The first-order valence-corrected chi connectivity index (χ1v) is 13.3. The number of benzene rings is 4. The molecule has 0 radical (unpaired) electrons. The van der Waals surface area contributed by atoms with E-state index in [1.54, 1.807) is 0 Å². The summed E-state index contributed by atoms with van der Waals surface area (Å²) in [6.45, 7) is 0. The van der Waals surface area contributed by atoms with Gasteiger partial charge in [0, 0.05) is 22.4 Å². The summed E-state index contributed by atoms with van der Waals surface area (Å²) in [6.07, 6.45) is 6.76. The zero-order chi connectivity index (χ0) is 23.5. The lowest BCUT2D eigenvalue weighted by Crippen LogP contribution is -2.21. The second-order valence-electron chi connectivity index (χ2n) is 8.53. The highest BCUT2D eigenvalue weighted by molar-refractivity contribution is 7.74. The van der Waals surface area contributed by atoms with Crippen LogP contribution in [0.5, 0.6) is 0 Å². The molecule has 0 fully saturated rings. The summed E-state index contributed by atoms with van der Waals surface area (Å²) in [4.78, 5) is 8.92. The predicted octanol–water partition coefficient (Wildman–Crippen LogP) is 7.20. The number of nitrogens with zero attached hydrogens (tertiary/aromatic N) is 1. The Balaban J connectivity index is 1.47. The van der Waals surface area contributed by atoms with E-state index < -0.39 is 7.92 Å². The minimum atomic E-state index is -0.639. The second-order valence-corrected chi connectivity index (χ2v) is 10.9. The lowest BCUT2D eigenvalue weighted by Gasteiger charge is -2.26. The van der Waals surface area contributed by atoms with Crippen LogP contribution in [-0.4, -0.2) is 15.6 Å². The molecule has 0 spiro atoms. The van der Waals surface area contributed by atoms with Crippen molar-refractivity contribution in [2.24, 2.45) is 0 Å². The van der Waals surface area contributed by atoms with Gasteiger partial charge < -0.3 is 4.98 Å². The molecule has 35 heavy (non-hydrogen) atoms. The number of nitrogens with one attached hydrogen (secondary N) is 1. The van der Waals surface area contributed by atoms with E-state index >= 15 is 0 Å². The van der Waals surface area contributed by atoms with Crippen molar-refractivity contribution in [3.8, 4) is 22.5 Å². The summed E-state index contributed by atoms with van der Waals surface area (Å²) < 4.78 is 0. The van der Waals surface area contributed by atoms with Crippen LogP contribution in [0.15, 0.2) is 140 Å². The van der Waals surface area contributed by atoms with Crippen LogP contribution >= 0.6 is 7.92 Å². The fourth-order valence-corrected chi connectivity index (χ4v) is 7.37. The highest BCUT2D eigenvalue weighted by Crippen LogP contribution is 2.48. The third-order valence-corrected chi connectivity index (χ3v) is 9.04. The van der Waals surface area contributed by atoms with E-state index in [1.807, 2.05) is 6.07 Å². The third kappa shape index (κ3) is 4.30. The molecular weight excluding hydrogens is 443 g/mol. The number of hydrogen-bond acceptors (Lipinski definition) is 1. The van der Waals surface area contributed by atoms with Crippen LogP contribution in [0.2, 0.25) is 0 Å². The van der Waals surface area contributed by atoms with Gasteiger partial charge in [0.15, 0.2) is 0 Å². The quantitative estimate of drug-likeness (QED) is 0.262. The smallest absolute Gasteiger partial charge is 0.135 e. The van der Waals surface area contributed by atoms with Crippen molar-refractivity contribution in [1.29, 1.82) is 0 Å². The molecule has 5 aromatic rings. The Morgan fingerprint density at radius 3 is 1.69 bits per heavy atom. The van der Waals surface area contributed by atoms with Crippen molar-refractivity contribution >= 4 is 24.1 Å². The van der Waals surface area contributed by atoms with Gasteiger partial charge in [-0.1, -0.05) is 140 Å². The highest BCUT2D eigenvalue weighted by atomic mass is 31.1. The Morgan fingerprint density at radius 1 is 0.600 bits per heavy atom. The van der Waals surface area contributed by atoms with Crippen LogP contribution in [0.1, 0.15) is 5.82 Å². The molecule has 6 rings (SSSR count). The van der Waals surface area contributed by atoms with Gasteiger partial charge in [-0.05, 0) is 18.5 Å². The maximum Gasteiger partial charge on any atom is 0.135 e. The lowest BCUT2D eigenvalue weighted by molar-refractivity contribution is 1.21. The molecule has 4 aromatic carbocycles. The Hall–Kier alpha value is -4.00. The zero-order valence-electron chi connectivity index (χ0n) is 19.3. The number of hydrogen-bond donors (Lipinski definition) is 1. The van der Waals surface area contributed by atoms with Gasteiger partial charge in [0.25, 0.3) is 0 Å². The van der Waals surface area contributed by atoms with Gasteiger partial charge in [0.1, 0.15) is 5.82 Å². The lowest BCUT2D eigenvalue weighted by atomic mass is 10.1. The van der Waals surface area contributed by atoms with E-state index in [4.69, 9.17) is 4.98 Å². The van der Waals surface area contributed by atoms with Crippen LogP contribution in [0.4, 0.5) is 0 Å². The Bertz CT molecular complexity index is 1370. The first kappa shape index (κ1) is 21.5. The van der Waals surface area contributed by atoms with Gasteiger partial charge in [-0.2, -0.15) is 0 Å². The normalized spacial score (nSPS) is 14.9. The molecule has 1 aromatic heterocycles. The standard InChI is InChI=1S/C32H25N2P/c1-5-14-24(15-6-1)30-31(25-16-7-2-8-17-25)34-32(33-30)28-22-13-23-29(28)35(26-18-9-3-10-19-26)27-20-11-4-12-21-27/h1-23,29H,(H,33,34)/t29-/m1/s1. The van der Waals surface area contributed by atoms with Crippen LogP contribution in [0.3, 0.4) is 0 Å². The van der Waals surface area contributed by atoms with Crippen LogP contribution in [0.25, 0.3) is 28.1 Å². The van der Waals surface area contributed by atoms with E-state index in [0.717, 1.165) is 28.3 Å². The van der Waals surface area contributed by atoms with Crippen molar-refractivity contribution in [2.45, 2.75) is 5.66 Å². The number of aromatic amines is 1. The number of imidazole rings is 1. The van der Waals surface area contributed by atoms with Crippen molar-refractivity contribution in [1.82, 2.24) is 9.97 Å². The molecule has 1 heterocycles. The zero-order valence-corrected chi connectivity index (χ0v) is 20.1. The number of allylic oxidation sites excluding steroid dienone is 4. The third-order valence-electron chi connectivity index (χ3n) is 6.32. The fraction of sp³-hybridized carbons (Fsp3) is 0.0312. The summed E-state index contributed by atoms with van der Waals surface area (Å²) >= 11 is 0. The van der Waals surface area contributed by atoms with Gasteiger partial charge in [-0.3, -0.25) is 0 Å². The summed E-state index contributed by atoms with van der Waals surface area (Å²) in [5.74, 6) is 0.942. The van der Waals surface area contributed by atoms with Gasteiger partial charge in [0.2, 0.25) is 0 Å². The average Bonchev–Trinajstić information content (AvgIpc) is 3.59. The van der Waals surface area contributed by atoms with Crippen LogP contribution in [-0.2, 0) is 0 Å². The summed E-state index contributed by atoms with van der Waals surface area (Å²) in [5.41, 5.74) is 5.78.